The number of rotatable bonds is 9. The van der Waals surface area contributed by atoms with Crippen LogP contribution in [0.25, 0.3) is 0 Å². The van der Waals surface area contributed by atoms with Gasteiger partial charge in [-0.3, -0.25) is 9.59 Å². The molecule has 0 saturated heterocycles. The van der Waals surface area contributed by atoms with Crippen LogP contribution in [0.2, 0.25) is 0 Å². The number of aromatic nitrogens is 1. The molecule has 0 radical (unpaired) electrons. The molecule has 0 aliphatic carbocycles. The van der Waals surface area contributed by atoms with Crippen LogP contribution in [0.4, 0.5) is 0 Å². The van der Waals surface area contributed by atoms with Gasteiger partial charge in [-0.2, -0.15) is 0 Å². The Morgan fingerprint density at radius 2 is 2.05 bits per heavy atom. The average Bonchev–Trinajstić information content (AvgIpc) is 2.45. The van der Waals surface area contributed by atoms with Crippen LogP contribution in [0.5, 0.6) is 5.75 Å². The average molecular weight is 310 g/mol. The minimum atomic E-state index is -0.843. The van der Waals surface area contributed by atoms with Crippen molar-refractivity contribution in [1.82, 2.24) is 9.47 Å². The number of hydrogen-bond donors (Lipinski definition) is 2. The Balaban J connectivity index is 3.00. The zero-order valence-corrected chi connectivity index (χ0v) is 13.6. The van der Waals surface area contributed by atoms with Crippen LogP contribution in [0, 0.1) is 6.92 Å². The molecule has 6 nitrogen and oxygen atoms in total. The standard InChI is InChI=1S/C16H26N2O4/c1-4-5-8-17(3)11-13-16(22)14(19)10-12(2)18(13)9-6-7-15(20)21/h10,22H,4-9,11H2,1-3H3,(H,20,21). The molecule has 124 valence electrons. The molecular weight excluding hydrogens is 284 g/mol. The topological polar surface area (TPSA) is 82.8 Å². The van der Waals surface area contributed by atoms with Crippen molar-refractivity contribution in [2.75, 3.05) is 13.6 Å². The van der Waals surface area contributed by atoms with Crippen LogP contribution in [0.1, 0.15) is 44.0 Å². The Morgan fingerprint density at radius 1 is 1.36 bits per heavy atom. The highest BCUT2D eigenvalue weighted by molar-refractivity contribution is 5.66. The highest BCUT2D eigenvalue weighted by Gasteiger charge is 2.15. The highest BCUT2D eigenvalue weighted by Crippen LogP contribution is 2.17. The van der Waals surface area contributed by atoms with Crippen LogP contribution in [-0.2, 0) is 17.9 Å². The van der Waals surface area contributed by atoms with Crippen molar-refractivity contribution in [2.45, 2.75) is 52.6 Å². The van der Waals surface area contributed by atoms with Crippen molar-refractivity contribution in [2.24, 2.45) is 0 Å². The number of carbonyl (C=O) groups is 1. The van der Waals surface area contributed by atoms with E-state index in [9.17, 15) is 14.7 Å². The third-order valence-corrected chi connectivity index (χ3v) is 3.68. The SMILES string of the molecule is CCCCN(C)Cc1c(O)c(=O)cc(C)n1CCCC(=O)O. The summed E-state index contributed by atoms with van der Waals surface area (Å²) in [4.78, 5) is 24.5. The minimum absolute atomic E-state index is 0.0669. The molecule has 0 atom stereocenters. The lowest BCUT2D eigenvalue weighted by molar-refractivity contribution is -0.137. The monoisotopic (exact) mass is 310 g/mol. The number of aryl methyl sites for hydroxylation is 1. The number of nitrogens with zero attached hydrogens (tertiary/aromatic N) is 2. The highest BCUT2D eigenvalue weighted by atomic mass is 16.4. The third kappa shape index (κ3) is 5.18. The predicted octanol–water partition coefficient (Wildman–Crippen LogP) is 1.96. The number of aromatic hydroxyl groups is 1. The van der Waals surface area contributed by atoms with Gasteiger partial charge in [-0.1, -0.05) is 13.3 Å². The van der Waals surface area contributed by atoms with Crippen molar-refractivity contribution in [3.05, 3.63) is 27.7 Å². The molecule has 0 saturated carbocycles. The van der Waals surface area contributed by atoms with Gasteiger partial charge in [0, 0.05) is 31.3 Å². The molecule has 1 aromatic rings. The Bertz CT molecular complexity index is 566. The van der Waals surface area contributed by atoms with Crippen molar-refractivity contribution in [3.63, 3.8) is 0 Å². The third-order valence-electron chi connectivity index (χ3n) is 3.68. The van der Waals surface area contributed by atoms with Gasteiger partial charge < -0.3 is 19.7 Å². The number of carboxylic acid groups (broad SMARTS) is 1. The van der Waals surface area contributed by atoms with E-state index in [1.54, 1.807) is 6.92 Å². The van der Waals surface area contributed by atoms with E-state index < -0.39 is 5.97 Å². The van der Waals surface area contributed by atoms with Gasteiger partial charge in [0.15, 0.2) is 5.75 Å². The van der Waals surface area contributed by atoms with Crippen LogP contribution in [0.15, 0.2) is 10.9 Å². The van der Waals surface area contributed by atoms with Crippen LogP contribution in [0.3, 0.4) is 0 Å². The Labute approximate surface area is 131 Å². The van der Waals surface area contributed by atoms with Gasteiger partial charge in [0.05, 0.1) is 5.69 Å². The van der Waals surface area contributed by atoms with Crippen LogP contribution < -0.4 is 5.43 Å². The molecule has 1 rings (SSSR count). The van der Waals surface area contributed by atoms with E-state index in [0.717, 1.165) is 25.1 Å². The molecular formula is C16H26N2O4. The Kier molecular flexibility index (Phi) is 7.11. The molecule has 0 bridgehead atoms. The molecule has 2 N–H and O–H groups in total. The minimum Gasteiger partial charge on any atom is -0.503 e. The fourth-order valence-electron chi connectivity index (χ4n) is 2.44. The first-order valence-electron chi connectivity index (χ1n) is 7.69. The van der Waals surface area contributed by atoms with Crippen molar-refractivity contribution < 1.29 is 15.0 Å². The van der Waals surface area contributed by atoms with E-state index in [1.165, 1.54) is 6.07 Å². The normalized spacial score (nSPS) is 11.1. The number of pyridine rings is 1. The number of aliphatic carboxylic acids is 1. The molecule has 0 amide bonds. The lowest BCUT2D eigenvalue weighted by Crippen LogP contribution is -2.25. The second-order valence-electron chi connectivity index (χ2n) is 5.69. The molecule has 22 heavy (non-hydrogen) atoms. The summed E-state index contributed by atoms with van der Waals surface area (Å²) in [5, 5.41) is 18.9. The van der Waals surface area contributed by atoms with Gasteiger partial charge in [-0.25, -0.2) is 0 Å². The van der Waals surface area contributed by atoms with E-state index in [4.69, 9.17) is 5.11 Å². The summed E-state index contributed by atoms with van der Waals surface area (Å²) in [7, 11) is 1.95. The van der Waals surface area contributed by atoms with Crippen molar-refractivity contribution in [1.29, 1.82) is 0 Å². The number of hydrogen-bond acceptors (Lipinski definition) is 4. The lowest BCUT2D eigenvalue weighted by atomic mass is 10.2. The van der Waals surface area contributed by atoms with Crippen molar-refractivity contribution in [3.8, 4) is 5.75 Å². The zero-order valence-electron chi connectivity index (χ0n) is 13.6. The Hall–Kier alpha value is -1.82. The first-order valence-corrected chi connectivity index (χ1v) is 7.69. The van der Waals surface area contributed by atoms with Crippen LogP contribution in [-0.4, -0.2) is 39.2 Å². The summed E-state index contributed by atoms with van der Waals surface area (Å²) in [6.07, 6.45) is 2.66. The molecule has 0 fully saturated rings. The second kappa shape index (κ2) is 8.58. The molecule has 0 unspecified atom stereocenters. The molecule has 1 heterocycles. The molecule has 0 aromatic carbocycles. The van der Waals surface area contributed by atoms with Gasteiger partial charge in [0.25, 0.3) is 0 Å². The molecule has 0 spiro atoms. The van der Waals surface area contributed by atoms with Gasteiger partial charge >= 0.3 is 5.97 Å². The first kappa shape index (κ1) is 18.2. The smallest absolute Gasteiger partial charge is 0.303 e. The van der Waals surface area contributed by atoms with Gasteiger partial charge in [0.2, 0.25) is 5.43 Å². The second-order valence-corrected chi connectivity index (χ2v) is 5.69. The maximum absolute atomic E-state index is 11.8. The largest absolute Gasteiger partial charge is 0.503 e. The van der Waals surface area contributed by atoms with E-state index in [2.05, 4.69) is 11.8 Å². The van der Waals surface area contributed by atoms with Gasteiger partial charge in [-0.05, 0) is 33.4 Å². The molecule has 0 aliphatic rings. The molecule has 6 heteroatoms. The predicted molar refractivity (Wildman–Crippen MR) is 85.2 cm³/mol. The van der Waals surface area contributed by atoms with E-state index >= 15 is 0 Å². The fraction of sp³-hybridized carbons (Fsp3) is 0.625. The summed E-state index contributed by atoms with van der Waals surface area (Å²) in [5.41, 5.74) is 0.923. The van der Waals surface area contributed by atoms with Crippen molar-refractivity contribution >= 4 is 5.97 Å². The summed E-state index contributed by atoms with van der Waals surface area (Å²) in [6, 6.07) is 1.39. The molecule has 0 aliphatic heterocycles. The summed E-state index contributed by atoms with van der Waals surface area (Å²) >= 11 is 0. The van der Waals surface area contributed by atoms with E-state index in [1.807, 2.05) is 11.6 Å². The number of unbranched alkanes of at least 4 members (excludes halogenated alkanes) is 1. The van der Waals surface area contributed by atoms with E-state index in [0.29, 0.717) is 25.2 Å². The maximum atomic E-state index is 11.8. The summed E-state index contributed by atoms with van der Waals surface area (Å²) in [5.74, 6) is -1.08. The van der Waals surface area contributed by atoms with E-state index in [-0.39, 0.29) is 17.6 Å². The summed E-state index contributed by atoms with van der Waals surface area (Å²) < 4.78 is 1.85. The maximum Gasteiger partial charge on any atom is 0.303 e. The van der Waals surface area contributed by atoms with Gasteiger partial charge in [0.1, 0.15) is 0 Å². The van der Waals surface area contributed by atoms with Crippen LogP contribution >= 0.6 is 0 Å². The number of carboxylic acids is 1. The summed E-state index contributed by atoms with van der Waals surface area (Å²) in [6.45, 7) is 5.74. The first-order chi connectivity index (χ1) is 10.4. The lowest BCUT2D eigenvalue weighted by Gasteiger charge is -2.22. The van der Waals surface area contributed by atoms with Gasteiger partial charge in [-0.15, -0.1) is 0 Å². The quantitative estimate of drug-likeness (QED) is 0.728. The molecule has 1 aromatic heterocycles. The fourth-order valence-corrected chi connectivity index (χ4v) is 2.44. The zero-order chi connectivity index (χ0) is 16.7. The Morgan fingerprint density at radius 3 is 2.64 bits per heavy atom.